The lowest BCUT2D eigenvalue weighted by Gasteiger charge is -2.25. The number of alkyl halides is 1. The minimum atomic E-state index is 0.222. The largest absolute Gasteiger partial charge is 0.250 e. The van der Waals surface area contributed by atoms with Crippen molar-refractivity contribution in [3.8, 4) is 0 Å². The summed E-state index contributed by atoms with van der Waals surface area (Å²) in [5, 5.41) is 0. The molecule has 0 spiro atoms. The van der Waals surface area contributed by atoms with E-state index in [1.807, 2.05) is 31.2 Å². The molecule has 1 unspecified atom stereocenters. The highest BCUT2D eigenvalue weighted by Crippen LogP contribution is 2.29. The predicted molar refractivity (Wildman–Crippen MR) is 80.1 cm³/mol. The van der Waals surface area contributed by atoms with Gasteiger partial charge in [-0.25, -0.2) is 9.97 Å². The molecule has 0 saturated carbocycles. The number of hydrogen-bond donors (Lipinski definition) is 0. The van der Waals surface area contributed by atoms with E-state index in [1.54, 1.807) is 0 Å². The maximum absolute atomic E-state index is 4.74. The first-order valence-corrected chi connectivity index (χ1v) is 7.16. The van der Waals surface area contributed by atoms with Crippen molar-refractivity contribution < 1.29 is 0 Å². The smallest absolute Gasteiger partial charge is 0.0890 e. The third-order valence-corrected chi connectivity index (χ3v) is 4.85. The van der Waals surface area contributed by atoms with Crippen LogP contribution in [0.1, 0.15) is 32.2 Å². The Hall–Kier alpha value is -0.960. The second-order valence-corrected chi connectivity index (χ2v) is 6.89. The minimum Gasteiger partial charge on any atom is -0.250 e. The fourth-order valence-electron chi connectivity index (χ4n) is 1.79. The van der Waals surface area contributed by atoms with Crippen LogP contribution in [0.25, 0.3) is 11.0 Å². The summed E-state index contributed by atoms with van der Waals surface area (Å²) in [5.74, 6) is 0. The van der Waals surface area contributed by atoms with Gasteiger partial charge >= 0.3 is 0 Å². The molecule has 18 heavy (non-hydrogen) atoms. The summed E-state index contributed by atoms with van der Waals surface area (Å²) in [4.78, 5) is 9.77. The lowest BCUT2D eigenvalue weighted by atomic mass is 9.89. The van der Waals surface area contributed by atoms with Crippen LogP contribution in [0.5, 0.6) is 0 Å². The molecule has 0 aliphatic carbocycles. The molecule has 0 radical (unpaired) electrons. The number of halogens is 1. The van der Waals surface area contributed by atoms with Gasteiger partial charge in [0.1, 0.15) is 0 Å². The van der Waals surface area contributed by atoms with Gasteiger partial charge in [0.05, 0.1) is 22.4 Å². The van der Waals surface area contributed by atoms with E-state index in [0.717, 1.165) is 28.8 Å². The number of benzene rings is 1. The Morgan fingerprint density at radius 3 is 2.22 bits per heavy atom. The molecule has 0 N–H and O–H groups in total. The predicted octanol–water partition coefficient (Wildman–Crippen LogP) is 4.29. The van der Waals surface area contributed by atoms with Gasteiger partial charge in [0, 0.05) is 11.2 Å². The molecule has 96 valence electrons. The zero-order chi connectivity index (χ0) is 13.3. The maximum atomic E-state index is 4.74. The van der Waals surface area contributed by atoms with Crippen molar-refractivity contribution in [1.29, 1.82) is 0 Å². The molecule has 2 rings (SSSR count). The van der Waals surface area contributed by atoms with Crippen LogP contribution < -0.4 is 0 Å². The molecule has 2 aromatic rings. The van der Waals surface area contributed by atoms with Crippen molar-refractivity contribution in [3.63, 3.8) is 0 Å². The van der Waals surface area contributed by atoms with E-state index in [4.69, 9.17) is 4.98 Å². The quantitative estimate of drug-likeness (QED) is 0.774. The van der Waals surface area contributed by atoms with Crippen LogP contribution in [0.3, 0.4) is 0 Å². The van der Waals surface area contributed by atoms with E-state index in [9.17, 15) is 0 Å². The fraction of sp³-hybridized carbons (Fsp3) is 0.467. The molecular formula is C15H19BrN2. The molecule has 1 heterocycles. The van der Waals surface area contributed by atoms with Gasteiger partial charge in [0.25, 0.3) is 0 Å². The SMILES string of the molecule is Cc1nc2ccccc2nc1CC(Br)C(C)(C)C. The summed E-state index contributed by atoms with van der Waals surface area (Å²) in [5.41, 5.74) is 4.29. The highest BCUT2D eigenvalue weighted by molar-refractivity contribution is 9.09. The van der Waals surface area contributed by atoms with E-state index in [0.29, 0.717) is 4.83 Å². The average Bonchev–Trinajstić information content (AvgIpc) is 2.28. The van der Waals surface area contributed by atoms with Crippen molar-refractivity contribution in [3.05, 3.63) is 35.7 Å². The van der Waals surface area contributed by atoms with Crippen molar-refractivity contribution in [2.24, 2.45) is 5.41 Å². The van der Waals surface area contributed by atoms with Gasteiger partial charge in [0.2, 0.25) is 0 Å². The Bertz CT molecular complexity index is 558. The average molecular weight is 307 g/mol. The Labute approximate surface area is 117 Å². The standard InChI is InChI=1S/C15H19BrN2/c1-10-13(9-14(16)15(2,3)4)18-12-8-6-5-7-11(12)17-10/h5-8,14H,9H2,1-4H3. The van der Waals surface area contributed by atoms with Gasteiger partial charge in [-0.1, -0.05) is 48.8 Å². The number of fused-ring (bicyclic) bond motifs is 1. The van der Waals surface area contributed by atoms with E-state index in [1.165, 1.54) is 0 Å². The van der Waals surface area contributed by atoms with Crippen LogP contribution in [0.4, 0.5) is 0 Å². The molecule has 0 aliphatic rings. The molecular weight excluding hydrogens is 288 g/mol. The van der Waals surface area contributed by atoms with Crippen LogP contribution in [-0.2, 0) is 6.42 Å². The van der Waals surface area contributed by atoms with Crippen molar-refractivity contribution >= 4 is 27.0 Å². The Balaban J connectivity index is 2.36. The number of para-hydroxylation sites is 2. The highest BCUT2D eigenvalue weighted by atomic mass is 79.9. The molecule has 1 aromatic carbocycles. The fourth-order valence-corrected chi connectivity index (χ4v) is 2.10. The molecule has 0 aliphatic heterocycles. The Morgan fingerprint density at radius 1 is 1.11 bits per heavy atom. The van der Waals surface area contributed by atoms with Gasteiger partial charge < -0.3 is 0 Å². The Kier molecular flexibility index (Phi) is 3.71. The molecule has 2 nitrogen and oxygen atoms in total. The zero-order valence-corrected chi connectivity index (χ0v) is 13.0. The Morgan fingerprint density at radius 2 is 1.67 bits per heavy atom. The van der Waals surface area contributed by atoms with E-state index < -0.39 is 0 Å². The van der Waals surface area contributed by atoms with Crippen molar-refractivity contribution in [2.45, 2.75) is 38.9 Å². The summed E-state index contributed by atoms with van der Waals surface area (Å²) in [6, 6.07) is 8.03. The lowest BCUT2D eigenvalue weighted by Crippen LogP contribution is -2.23. The number of rotatable bonds is 2. The number of nitrogens with zero attached hydrogens (tertiary/aromatic N) is 2. The molecule has 0 bridgehead atoms. The molecule has 0 amide bonds. The number of hydrogen-bond acceptors (Lipinski definition) is 2. The van der Waals surface area contributed by atoms with Crippen LogP contribution in [0.15, 0.2) is 24.3 Å². The highest BCUT2D eigenvalue weighted by Gasteiger charge is 2.23. The van der Waals surface area contributed by atoms with Crippen LogP contribution in [0, 0.1) is 12.3 Å². The molecule has 1 atom stereocenters. The summed E-state index contributed by atoms with van der Waals surface area (Å²) >= 11 is 3.77. The van der Waals surface area contributed by atoms with E-state index >= 15 is 0 Å². The van der Waals surface area contributed by atoms with Crippen LogP contribution in [-0.4, -0.2) is 14.8 Å². The minimum absolute atomic E-state index is 0.222. The third-order valence-electron chi connectivity index (χ3n) is 3.16. The summed E-state index contributed by atoms with van der Waals surface area (Å²) in [6.45, 7) is 8.74. The molecule has 0 fully saturated rings. The topological polar surface area (TPSA) is 25.8 Å². The van der Waals surface area contributed by atoms with Gasteiger partial charge in [-0.2, -0.15) is 0 Å². The summed E-state index contributed by atoms with van der Waals surface area (Å²) < 4.78 is 0. The third kappa shape index (κ3) is 2.89. The van der Waals surface area contributed by atoms with Crippen LogP contribution >= 0.6 is 15.9 Å². The normalized spacial score (nSPS) is 13.8. The second-order valence-electron chi connectivity index (χ2n) is 5.78. The monoisotopic (exact) mass is 306 g/mol. The second kappa shape index (κ2) is 4.96. The molecule has 3 heteroatoms. The first kappa shape index (κ1) is 13.5. The number of aryl methyl sites for hydroxylation is 1. The van der Waals surface area contributed by atoms with Gasteiger partial charge in [0.15, 0.2) is 0 Å². The molecule has 1 aromatic heterocycles. The van der Waals surface area contributed by atoms with Crippen molar-refractivity contribution in [2.75, 3.05) is 0 Å². The van der Waals surface area contributed by atoms with E-state index in [-0.39, 0.29) is 5.41 Å². The first-order chi connectivity index (χ1) is 8.38. The summed E-state index contributed by atoms with van der Waals surface area (Å²) in [7, 11) is 0. The van der Waals surface area contributed by atoms with Gasteiger partial charge in [-0.3, -0.25) is 0 Å². The van der Waals surface area contributed by atoms with Gasteiger partial charge in [-0.15, -0.1) is 0 Å². The summed E-state index contributed by atoms with van der Waals surface area (Å²) in [6.07, 6.45) is 0.910. The zero-order valence-electron chi connectivity index (χ0n) is 11.4. The first-order valence-electron chi connectivity index (χ1n) is 6.24. The van der Waals surface area contributed by atoms with E-state index in [2.05, 4.69) is 41.7 Å². The van der Waals surface area contributed by atoms with Gasteiger partial charge in [-0.05, 0) is 24.5 Å². The van der Waals surface area contributed by atoms with Crippen LogP contribution in [0.2, 0.25) is 0 Å². The molecule has 0 saturated heterocycles. The lowest BCUT2D eigenvalue weighted by molar-refractivity contribution is 0.396. The van der Waals surface area contributed by atoms with Crippen molar-refractivity contribution in [1.82, 2.24) is 9.97 Å². The maximum Gasteiger partial charge on any atom is 0.0890 e. The number of aromatic nitrogens is 2.